The lowest BCUT2D eigenvalue weighted by atomic mass is 9.93. The van der Waals surface area contributed by atoms with Crippen molar-refractivity contribution in [2.45, 2.75) is 33.6 Å². The summed E-state index contributed by atoms with van der Waals surface area (Å²) >= 11 is 0. The molecule has 0 spiro atoms. The molecule has 3 heteroatoms. The number of ether oxygens (including phenoxy) is 2. The van der Waals surface area contributed by atoms with Gasteiger partial charge < -0.3 is 9.47 Å². The van der Waals surface area contributed by atoms with Gasteiger partial charge >= 0.3 is 0 Å². The molecule has 0 saturated heterocycles. The lowest BCUT2D eigenvalue weighted by Gasteiger charge is -2.20. The minimum absolute atomic E-state index is 0.819. The predicted molar refractivity (Wildman–Crippen MR) is 78.7 cm³/mol. The Labute approximate surface area is 115 Å². The van der Waals surface area contributed by atoms with Crippen LogP contribution in [0, 0.1) is 20.8 Å². The van der Waals surface area contributed by atoms with Crippen LogP contribution < -0.4 is 9.47 Å². The van der Waals surface area contributed by atoms with E-state index >= 15 is 0 Å². The van der Waals surface area contributed by atoms with E-state index in [2.05, 4.69) is 31.8 Å². The van der Waals surface area contributed by atoms with Crippen molar-refractivity contribution >= 4 is 5.71 Å². The van der Waals surface area contributed by atoms with Crippen LogP contribution in [0.15, 0.2) is 17.3 Å². The fraction of sp³-hybridized carbons (Fsp3) is 0.438. The monoisotopic (exact) mass is 259 g/mol. The van der Waals surface area contributed by atoms with E-state index in [1.54, 1.807) is 14.2 Å². The average Bonchev–Trinajstić information content (AvgIpc) is 2.90. The van der Waals surface area contributed by atoms with E-state index in [9.17, 15) is 0 Å². The van der Waals surface area contributed by atoms with Crippen LogP contribution in [0.5, 0.6) is 11.5 Å². The number of hydrogen-bond donors (Lipinski definition) is 0. The van der Waals surface area contributed by atoms with Gasteiger partial charge in [-0.25, -0.2) is 0 Å². The van der Waals surface area contributed by atoms with Crippen LogP contribution in [0.1, 0.15) is 28.7 Å². The molecule has 0 fully saturated rings. The Hall–Kier alpha value is -1.77. The quantitative estimate of drug-likeness (QED) is 0.828. The minimum atomic E-state index is 0.819. The molecule has 0 atom stereocenters. The summed E-state index contributed by atoms with van der Waals surface area (Å²) in [5, 5.41) is 0. The third kappa shape index (κ3) is 2.37. The molecule has 2 rings (SSSR count). The topological polar surface area (TPSA) is 30.8 Å². The fourth-order valence-electron chi connectivity index (χ4n) is 2.67. The van der Waals surface area contributed by atoms with Gasteiger partial charge in [-0.3, -0.25) is 4.99 Å². The first-order valence-electron chi connectivity index (χ1n) is 6.51. The molecule has 19 heavy (non-hydrogen) atoms. The molecule has 0 aliphatic carbocycles. The second-order valence-corrected chi connectivity index (χ2v) is 4.88. The molecule has 0 amide bonds. The molecule has 3 nitrogen and oxygen atoms in total. The lowest BCUT2D eigenvalue weighted by molar-refractivity contribution is 0.392. The van der Waals surface area contributed by atoms with Crippen molar-refractivity contribution in [1.82, 2.24) is 0 Å². The second-order valence-electron chi connectivity index (χ2n) is 4.88. The van der Waals surface area contributed by atoms with Gasteiger partial charge in [-0.05, 0) is 37.5 Å². The number of benzene rings is 1. The Morgan fingerprint density at radius 3 is 2.16 bits per heavy atom. The molecule has 0 bridgehead atoms. The van der Waals surface area contributed by atoms with Crippen LogP contribution in [0.2, 0.25) is 0 Å². The summed E-state index contributed by atoms with van der Waals surface area (Å²) in [6, 6.07) is 0. The Bertz CT molecular complexity index is 557. The van der Waals surface area contributed by atoms with Crippen molar-refractivity contribution in [3.8, 4) is 11.5 Å². The summed E-state index contributed by atoms with van der Waals surface area (Å²) in [7, 11) is 3.45. The smallest absolute Gasteiger partial charge is 0.126 e. The largest absolute Gasteiger partial charge is 0.496 e. The summed E-state index contributed by atoms with van der Waals surface area (Å²) in [4.78, 5) is 4.39. The maximum atomic E-state index is 5.62. The molecular weight excluding hydrogens is 238 g/mol. The number of rotatable bonds is 4. The van der Waals surface area contributed by atoms with Gasteiger partial charge in [0.2, 0.25) is 0 Å². The first kappa shape index (κ1) is 13.7. The van der Waals surface area contributed by atoms with E-state index in [1.807, 2.05) is 6.20 Å². The molecule has 0 N–H and O–H groups in total. The SMILES string of the molecule is COc1c(C)c(C)c(OC)c(CC2=NC=CC2)c1C. The molecule has 1 aliphatic rings. The maximum absolute atomic E-state index is 5.62. The van der Waals surface area contributed by atoms with Gasteiger partial charge in [0.05, 0.1) is 14.2 Å². The van der Waals surface area contributed by atoms with Crippen molar-refractivity contribution in [1.29, 1.82) is 0 Å². The van der Waals surface area contributed by atoms with E-state index in [1.165, 1.54) is 11.3 Å². The number of aliphatic imine (C=N–C) groups is 1. The lowest BCUT2D eigenvalue weighted by Crippen LogP contribution is -2.08. The zero-order chi connectivity index (χ0) is 14.0. The van der Waals surface area contributed by atoms with Crippen molar-refractivity contribution < 1.29 is 9.47 Å². The van der Waals surface area contributed by atoms with Crippen LogP contribution in [0.25, 0.3) is 0 Å². The minimum Gasteiger partial charge on any atom is -0.496 e. The van der Waals surface area contributed by atoms with Gasteiger partial charge in [0.1, 0.15) is 11.5 Å². The Kier molecular flexibility index (Phi) is 3.93. The van der Waals surface area contributed by atoms with Crippen LogP contribution in [-0.2, 0) is 6.42 Å². The van der Waals surface area contributed by atoms with Crippen LogP contribution in [-0.4, -0.2) is 19.9 Å². The van der Waals surface area contributed by atoms with Crippen LogP contribution >= 0.6 is 0 Å². The fourth-order valence-corrected chi connectivity index (χ4v) is 2.67. The van der Waals surface area contributed by atoms with Gasteiger partial charge in [0.15, 0.2) is 0 Å². The van der Waals surface area contributed by atoms with Gasteiger partial charge in [-0.1, -0.05) is 6.08 Å². The highest BCUT2D eigenvalue weighted by Gasteiger charge is 2.20. The van der Waals surface area contributed by atoms with Crippen LogP contribution in [0.4, 0.5) is 0 Å². The normalized spacial score (nSPS) is 13.6. The van der Waals surface area contributed by atoms with Crippen molar-refractivity contribution in [3.63, 3.8) is 0 Å². The van der Waals surface area contributed by atoms with Gasteiger partial charge in [0.25, 0.3) is 0 Å². The first-order chi connectivity index (χ1) is 9.10. The van der Waals surface area contributed by atoms with E-state index in [4.69, 9.17) is 9.47 Å². The summed E-state index contributed by atoms with van der Waals surface area (Å²) in [6.07, 6.45) is 5.70. The van der Waals surface area contributed by atoms with Gasteiger partial charge in [0, 0.05) is 30.3 Å². The summed E-state index contributed by atoms with van der Waals surface area (Å²) in [5.41, 5.74) is 5.80. The zero-order valence-corrected chi connectivity index (χ0v) is 12.3. The molecule has 102 valence electrons. The third-order valence-electron chi connectivity index (χ3n) is 3.82. The summed E-state index contributed by atoms with van der Waals surface area (Å²) < 4.78 is 11.2. The summed E-state index contributed by atoms with van der Waals surface area (Å²) in [6.45, 7) is 6.24. The average molecular weight is 259 g/mol. The molecular formula is C16H21NO2. The predicted octanol–water partition coefficient (Wildman–Crippen LogP) is 3.53. The number of nitrogens with zero attached hydrogens (tertiary/aromatic N) is 1. The molecule has 1 aliphatic heterocycles. The van der Waals surface area contributed by atoms with E-state index < -0.39 is 0 Å². The zero-order valence-electron chi connectivity index (χ0n) is 12.3. The Morgan fingerprint density at radius 1 is 1.00 bits per heavy atom. The molecule has 0 unspecified atom stereocenters. The molecule has 0 radical (unpaired) electrons. The third-order valence-corrected chi connectivity index (χ3v) is 3.82. The number of hydrogen-bond acceptors (Lipinski definition) is 3. The van der Waals surface area contributed by atoms with Crippen molar-refractivity contribution in [2.24, 2.45) is 4.99 Å². The standard InChI is InChI=1S/C16H21NO2/c1-10-11(2)16(19-5)14(12(3)15(10)18-4)9-13-7-6-8-17-13/h6,8H,7,9H2,1-5H3. The van der Waals surface area contributed by atoms with Gasteiger partial charge in [-0.15, -0.1) is 0 Å². The first-order valence-corrected chi connectivity index (χ1v) is 6.51. The number of allylic oxidation sites excluding steroid dienone is 1. The molecule has 1 aromatic rings. The molecule has 1 aromatic carbocycles. The highest BCUT2D eigenvalue weighted by molar-refractivity contribution is 5.91. The molecule has 0 saturated carbocycles. The molecule has 0 aromatic heterocycles. The van der Waals surface area contributed by atoms with E-state index in [-0.39, 0.29) is 0 Å². The highest BCUT2D eigenvalue weighted by atomic mass is 16.5. The van der Waals surface area contributed by atoms with Gasteiger partial charge in [-0.2, -0.15) is 0 Å². The van der Waals surface area contributed by atoms with Crippen LogP contribution in [0.3, 0.4) is 0 Å². The molecule has 1 heterocycles. The van der Waals surface area contributed by atoms with E-state index in [0.29, 0.717) is 0 Å². The second kappa shape index (κ2) is 5.47. The number of methoxy groups -OCH3 is 2. The summed E-state index contributed by atoms with van der Waals surface area (Å²) in [5.74, 6) is 1.92. The maximum Gasteiger partial charge on any atom is 0.126 e. The Morgan fingerprint density at radius 2 is 1.63 bits per heavy atom. The highest BCUT2D eigenvalue weighted by Crippen LogP contribution is 2.38. The Balaban J connectivity index is 2.53. The van der Waals surface area contributed by atoms with Crippen molar-refractivity contribution in [2.75, 3.05) is 14.2 Å². The van der Waals surface area contributed by atoms with E-state index in [0.717, 1.165) is 41.0 Å². The van der Waals surface area contributed by atoms with Crippen molar-refractivity contribution in [3.05, 3.63) is 34.5 Å².